The van der Waals surface area contributed by atoms with Crippen LogP contribution in [0.15, 0.2) is 33.1 Å². The topological polar surface area (TPSA) is 96.4 Å². The Balaban J connectivity index is 2.23. The van der Waals surface area contributed by atoms with Gasteiger partial charge < -0.3 is 5.11 Å². The van der Waals surface area contributed by atoms with Crippen LogP contribution in [0.25, 0.3) is 0 Å². The zero-order valence-corrected chi connectivity index (χ0v) is 14.0. The van der Waals surface area contributed by atoms with Gasteiger partial charge in [0.2, 0.25) is 10.0 Å². The maximum absolute atomic E-state index is 12.2. The van der Waals surface area contributed by atoms with E-state index in [1.54, 1.807) is 12.3 Å². The van der Waals surface area contributed by atoms with Gasteiger partial charge >= 0.3 is 5.97 Å². The highest BCUT2D eigenvalue weighted by Crippen LogP contribution is 2.31. The van der Waals surface area contributed by atoms with Crippen molar-refractivity contribution in [1.82, 2.24) is 9.71 Å². The van der Waals surface area contributed by atoms with Crippen LogP contribution in [0.2, 0.25) is 0 Å². The number of aryl methyl sites for hydroxylation is 1. The predicted molar refractivity (Wildman–Crippen MR) is 82.0 cm³/mol. The lowest BCUT2D eigenvalue weighted by molar-refractivity contribution is 0.0702. The zero-order valence-electron chi connectivity index (χ0n) is 10.8. The number of hydrogen-bond acceptors (Lipinski definition) is 5. The minimum atomic E-state index is -3.81. The van der Waals surface area contributed by atoms with Crippen molar-refractivity contribution in [1.29, 1.82) is 0 Å². The lowest BCUT2D eigenvalue weighted by Crippen LogP contribution is -2.24. The Morgan fingerprint density at radius 3 is 2.81 bits per heavy atom. The number of carbonyl (C=O) groups is 1. The molecule has 0 radical (unpaired) electrons. The third-order valence-electron chi connectivity index (χ3n) is 2.70. The average Bonchev–Trinajstić information content (AvgIpc) is 2.81. The van der Waals surface area contributed by atoms with Gasteiger partial charge in [-0.15, -0.1) is 11.3 Å². The summed E-state index contributed by atoms with van der Waals surface area (Å²) in [5.41, 5.74) is 1.49. The SMILES string of the molecule is Cc1cccnc1CNS(=O)(=O)c1cc(C(=O)O)sc1Br. The van der Waals surface area contributed by atoms with E-state index in [1.165, 1.54) is 0 Å². The summed E-state index contributed by atoms with van der Waals surface area (Å²) < 4.78 is 27.1. The van der Waals surface area contributed by atoms with Gasteiger partial charge in [-0.1, -0.05) is 6.07 Å². The maximum Gasteiger partial charge on any atom is 0.345 e. The highest BCUT2D eigenvalue weighted by atomic mass is 79.9. The van der Waals surface area contributed by atoms with E-state index < -0.39 is 16.0 Å². The number of hydrogen-bond donors (Lipinski definition) is 2. The largest absolute Gasteiger partial charge is 0.477 e. The minimum Gasteiger partial charge on any atom is -0.477 e. The van der Waals surface area contributed by atoms with Gasteiger partial charge in [-0.05, 0) is 40.5 Å². The Bertz CT molecular complexity index is 786. The van der Waals surface area contributed by atoms with E-state index in [4.69, 9.17) is 5.11 Å². The molecule has 0 unspecified atom stereocenters. The second kappa shape index (κ2) is 6.22. The first-order chi connectivity index (χ1) is 9.81. The van der Waals surface area contributed by atoms with Gasteiger partial charge in [0, 0.05) is 6.20 Å². The minimum absolute atomic E-state index is 0.0414. The third kappa shape index (κ3) is 3.67. The van der Waals surface area contributed by atoms with Crippen molar-refractivity contribution in [2.75, 3.05) is 0 Å². The molecular weight excluding hydrogens is 380 g/mol. The second-order valence-corrected chi connectivity index (χ2v) is 8.25. The van der Waals surface area contributed by atoms with Crippen LogP contribution in [0.1, 0.15) is 20.9 Å². The van der Waals surface area contributed by atoms with Crippen LogP contribution in [0, 0.1) is 6.92 Å². The molecule has 0 aromatic carbocycles. The Hall–Kier alpha value is -1.29. The molecule has 0 bridgehead atoms. The molecule has 0 fully saturated rings. The fourth-order valence-corrected chi connectivity index (χ4v) is 4.97. The standard InChI is InChI=1S/C12H11BrN2O4S2/c1-7-3-2-4-14-8(7)6-15-21(18,19)10-5-9(12(16)17)20-11(10)13/h2-5,15H,6H2,1H3,(H,16,17). The van der Waals surface area contributed by atoms with Crippen LogP contribution in [-0.2, 0) is 16.6 Å². The summed E-state index contributed by atoms with van der Waals surface area (Å²) in [7, 11) is -3.81. The summed E-state index contributed by atoms with van der Waals surface area (Å²) in [6.07, 6.45) is 1.58. The number of carboxylic acid groups (broad SMARTS) is 1. The second-order valence-electron chi connectivity index (χ2n) is 4.15. The van der Waals surface area contributed by atoms with Crippen LogP contribution in [-0.4, -0.2) is 24.5 Å². The Morgan fingerprint density at radius 2 is 2.24 bits per heavy atom. The van der Waals surface area contributed by atoms with E-state index >= 15 is 0 Å². The smallest absolute Gasteiger partial charge is 0.345 e. The zero-order chi connectivity index (χ0) is 15.6. The molecule has 2 aromatic heterocycles. The molecule has 0 spiro atoms. The van der Waals surface area contributed by atoms with Crippen molar-refractivity contribution in [3.8, 4) is 0 Å². The van der Waals surface area contributed by atoms with Crippen LogP contribution < -0.4 is 4.72 Å². The van der Waals surface area contributed by atoms with Gasteiger partial charge in [-0.2, -0.15) is 0 Å². The lowest BCUT2D eigenvalue weighted by Gasteiger charge is -2.07. The number of nitrogens with one attached hydrogen (secondary N) is 1. The molecular formula is C12H11BrN2O4S2. The number of halogens is 1. The van der Waals surface area contributed by atoms with Gasteiger partial charge in [0.1, 0.15) is 9.77 Å². The summed E-state index contributed by atoms with van der Waals surface area (Å²) >= 11 is 3.94. The molecule has 112 valence electrons. The van der Waals surface area contributed by atoms with Gasteiger partial charge in [-0.3, -0.25) is 4.98 Å². The molecule has 21 heavy (non-hydrogen) atoms. The molecule has 2 N–H and O–H groups in total. The summed E-state index contributed by atoms with van der Waals surface area (Å²) in [6.45, 7) is 1.87. The predicted octanol–water partition coefficient (Wildman–Crippen LogP) is 2.39. The van der Waals surface area contributed by atoms with Crippen molar-refractivity contribution in [3.63, 3.8) is 0 Å². The normalized spacial score (nSPS) is 11.5. The van der Waals surface area contributed by atoms with Gasteiger partial charge in [0.15, 0.2) is 0 Å². The molecule has 9 heteroatoms. The molecule has 2 aromatic rings. The number of rotatable bonds is 5. The van der Waals surface area contributed by atoms with Gasteiger partial charge in [-0.25, -0.2) is 17.9 Å². The molecule has 0 aliphatic carbocycles. The molecule has 0 aliphatic rings. The lowest BCUT2D eigenvalue weighted by atomic mass is 10.2. The van der Waals surface area contributed by atoms with Crippen molar-refractivity contribution in [2.45, 2.75) is 18.4 Å². The quantitative estimate of drug-likeness (QED) is 0.816. The first kappa shape index (κ1) is 16.1. The Labute approximate surface area is 134 Å². The van der Waals surface area contributed by atoms with Crippen LogP contribution in [0.5, 0.6) is 0 Å². The van der Waals surface area contributed by atoms with Crippen molar-refractivity contribution in [3.05, 3.63) is 44.3 Å². The molecule has 6 nitrogen and oxygen atoms in total. The fraction of sp³-hybridized carbons (Fsp3) is 0.167. The van der Waals surface area contributed by atoms with E-state index in [-0.39, 0.29) is 20.1 Å². The third-order valence-corrected chi connectivity index (χ3v) is 6.34. The molecule has 0 atom stereocenters. The molecule has 2 heterocycles. The van der Waals surface area contributed by atoms with Crippen molar-refractivity contribution >= 4 is 43.3 Å². The summed E-state index contributed by atoms with van der Waals surface area (Å²) in [6, 6.07) is 4.73. The van der Waals surface area contributed by atoms with Gasteiger partial charge in [0.05, 0.1) is 16.0 Å². The number of sulfonamides is 1. The van der Waals surface area contributed by atoms with Crippen LogP contribution in [0.4, 0.5) is 0 Å². The van der Waals surface area contributed by atoms with E-state index in [9.17, 15) is 13.2 Å². The van der Waals surface area contributed by atoms with Gasteiger partial charge in [0.25, 0.3) is 0 Å². The maximum atomic E-state index is 12.2. The first-order valence-electron chi connectivity index (χ1n) is 5.74. The fourth-order valence-electron chi connectivity index (χ4n) is 1.59. The van der Waals surface area contributed by atoms with Crippen LogP contribution >= 0.6 is 27.3 Å². The summed E-state index contributed by atoms with van der Waals surface area (Å²) in [5.74, 6) is -1.16. The number of aromatic carboxylic acids is 1. The van der Waals surface area contributed by atoms with E-state index in [0.717, 1.165) is 23.0 Å². The monoisotopic (exact) mass is 390 g/mol. The highest BCUT2D eigenvalue weighted by Gasteiger charge is 2.23. The summed E-state index contributed by atoms with van der Waals surface area (Å²) in [4.78, 5) is 14.9. The highest BCUT2D eigenvalue weighted by molar-refractivity contribution is 9.11. The number of carboxylic acids is 1. The number of pyridine rings is 1. The first-order valence-corrected chi connectivity index (χ1v) is 8.83. The average molecular weight is 391 g/mol. The molecule has 2 rings (SSSR count). The Kier molecular flexibility index (Phi) is 4.77. The molecule has 0 aliphatic heterocycles. The van der Waals surface area contributed by atoms with E-state index in [2.05, 4.69) is 25.6 Å². The number of aromatic nitrogens is 1. The van der Waals surface area contributed by atoms with E-state index in [1.807, 2.05) is 13.0 Å². The Morgan fingerprint density at radius 1 is 1.52 bits per heavy atom. The number of nitrogens with zero attached hydrogens (tertiary/aromatic N) is 1. The van der Waals surface area contributed by atoms with E-state index in [0.29, 0.717) is 5.69 Å². The van der Waals surface area contributed by atoms with Crippen molar-refractivity contribution in [2.24, 2.45) is 0 Å². The summed E-state index contributed by atoms with van der Waals surface area (Å²) in [5, 5.41) is 8.90. The molecule has 0 amide bonds. The number of thiophene rings is 1. The molecule has 0 saturated carbocycles. The molecule has 0 saturated heterocycles. The van der Waals surface area contributed by atoms with Crippen LogP contribution in [0.3, 0.4) is 0 Å². The van der Waals surface area contributed by atoms with Crippen molar-refractivity contribution < 1.29 is 18.3 Å².